The number of aliphatic carboxylic acids is 1. The van der Waals surface area contributed by atoms with Gasteiger partial charge in [0.15, 0.2) is 0 Å². The summed E-state index contributed by atoms with van der Waals surface area (Å²) in [6.45, 7) is 1.56. The van der Waals surface area contributed by atoms with Crippen LogP contribution < -0.4 is 0 Å². The normalized spacial score (nSPS) is 11.4. The third kappa shape index (κ3) is 2.40. The van der Waals surface area contributed by atoms with Crippen molar-refractivity contribution in [2.45, 2.75) is 6.92 Å². The molecule has 0 heterocycles. The number of carboxylic acid groups (broad SMARTS) is 1. The first-order valence-corrected chi connectivity index (χ1v) is 3.77. The Bertz CT molecular complexity index is 356. The van der Waals surface area contributed by atoms with E-state index in [1.807, 2.05) is 0 Å². The number of hydrogen-bond donors (Lipinski definition) is 1. The molecule has 1 aromatic rings. The van der Waals surface area contributed by atoms with Gasteiger partial charge < -0.3 is 5.11 Å². The lowest BCUT2D eigenvalue weighted by atomic mass is 10.1. The first-order valence-electron chi connectivity index (χ1n) is 3.77. The summed E-state index contributed by atoms with van der Waals surface area (Å²) >= 11 is 0. The molecule has 0 aliphatic heterocycles. The average molecular weight is 180 g/mol. The van der Waals surface area contributed by atoms with Gasteiger partial charge in [0.05, 0.1) is 0 Å². The maximum atomic E-state index is 13.1. The zero-order chi connectivity index (χ0) is 9.84. The van der Waals surface area contributed by atoms with Crippen molar-refractivity contribution in [1.82, 2.24) is 0 Å². The van der Waals surface area contributed by atoms with Crippen LogP contribution in [-0.4, -0.2) is 11.1 Å². The molecule has 68 valence electrons. The van der Waals surface area contributed by atoms with Crippen LogP contribution in [0.2, 0.25) is 0 Å². The minimum absolute atomic E-state index is 0.324. The number of carboxylic acids is 1. The van der Waals surface area contributed by atoms with Crippen molar-refractivity contribution in [2.24, 2.45) is 0 Å². The van der Waals surface area contributed by atoms with Crippen LogP contribution in [-0.2, 0) is 4.79 Å². The molecule has 1 N–H and O–H groups in total. The molecule has 0 radical (unpaired) electrons. The van der Waals surface area contributed by atoms with Crippen LogP contribution in [0.25, 0.3) is 5.57 Å². The summed E-state index contributed by atoms with van der Waals surface area (Å²) in [6, 6.07) is 6.07. The van der Waals surface area contributed by atoms with E-state index in [0.29, 0.717) is 11.1 Å². The Morgan fingerprint density at radius 3 is 2.62 bits per heavy atom. The molecule has 3 heteroatoms. The fraction of sp³-hybridized carbons (Fsp3) is 0.100. The lowest BCUT2D eigenvalue weighted by Crippen LogP contribution is -1.92. The van der Waals surface area contributed by atoms with E-state index in [2.05, 4.69) is 0 Å². The molecule has 0 saturated carbocycles. The number of rotatable bonds is 2. The summed E-state index contributed by atoms with van der Waals surface area (Å²) in [6.07, 6.45) is 0.985. The summed E-state index contributed by atoms with van der Waals surface area (Å²) in [5, 5.41) is 8.44. The zero-order valence-electron chi connectivity index (χ0n) is 7.12. The molecule has 0 fully saturated rings. The maximum Gasteiger partial charge on any atom is 0.328 e. The van der Waals surface area contributed by atoms with E-state index in [0.717, 1.165) is 6.08 Å². The van der Waals surface area contributed by atoms with E-state index < -0.39 is 11.8 Å². The number of halogens is 1. The summed E-state index contributed by atoms with van der Waals surface area (Å²) in [5.41, 5.74) is 0.732. The van der Waals surface area contributed by atoms with Crippen molar-refractivity contribution >= 4 is 11.5 Å². The van der Waals surface area contributed by atoms with Crippen molar-refractivity contribution in [1.29, 1.82) is 0 Å². The summed E-state index contributed by atoms with van der Waals surface area (Å²) in [4.78, 5) is 10.3. The van der Waals surface area contributed by atoms with Gasteiger partial charge >= 0.3 is 5.97 Å². The van der Waals surface area contributed by atoms with Gasteiger partial charge in [-0.15, -0.1) is 0 Å². The molecule has 13 heavy (non-hydrogen) atoms. The molecule has 0 aromatic heterocycles. The average Bonchev–Trinajstić information content (AvgIpc) is 2.03. The molecular weight excluding hydrogens is 171 g/mol. The second kappa shape index (κ2) is 3.85. The molecule has 0 aliphatic rings. The first kappa shape index (κ1) is 9.45. The van der Waals surface area contributed by atoms with E-state index in [1.165, 1.54) is 6.07 Å². The quantitative estimate of drug-likeness (QED) is 0.709. The third-order valence-electron chi connectivity index (χ3n) is 1.64. The van der Waals surface area contributed by atoms with Crippen molar-refractivity contribution in [3.05, 3.63) is 41.7 Å². The van der Waals surface area contributed by atoms with Crippen molar-refractivity contribution in [3.8, 4) is 0 Å². The molecule has 1 rings (SSSR count). The van der Waals surface area contributed by atoms with Crippen LogP contribution in [0.3, 0.4) is 0 Å². The second-order valence-electron chi connectivity index (χ2n) is 2.65. The largest absolute Gasteiger partial charge is 0.478 e. The molecule has 0 unspecified atom stereocenters. The molecule has 0 saturated heterocycles. The zero-order valence-corrected chi connectivity index (χ0v) is 7.12. The minimum Gasteiger partial charge on any atom is -0.478 e. The second-order valence-corrected chi connectivity index (χ2v) is 2.65. The third-order valence-corrected chi connectivity index (χ3v) is 1.64. The summed E-state index contributed by atoms with van der Waals surface area (Å²) in [7, 11) is 0. The highest BCUT2D eigenvalue weighted by molar-refractivity contribution is 5.89. The number of benzene rings is 1. The van der Waals surface area contributed by atoms with Gasteiger partial charge in [-0.2, -0.15) is 0 Å². The van der Waals surface area contributed by atoms with Crippen LogP contribution in [0.4, 0.5) is 4.39 Å². The van der Waals surface area contributed by atoms with E-state index in [-0.39, 0.29) is 0 Å². The Hall–Kier alpha value is -1.64. The van der Waals surface area contributed by atoms with Crippen molar-refractivity contribution in [3.63, 3.8) is 0 Å². The molecule has 0 amide bonds. The Labute approximate surface area is 75.3 Å². The topological polar surface area (TPSA) is 37.3 Å². The van der Waals surface area contributed by atoms with Gasteiger partial charge in [0.2, 0.25) is 0 Å². The molecule has 0 atom stereocenters. The fourth-order valence-corrected chi connectivity index (χ4v) is 1.04. The highest BCUT2D eigenvalue weighted by Crippen LogP contribution is 2.16. The van der Waals surface area contributed by atoms with Gasteiger partial charge in [-0.1, -0.05) is 18.2 Å². The standard InChI is InChI=1S/C10H9FO2/c1-7(6-10(12)13)8-4-2-3-5-9(8)11/h2-6H,1H3,(H,12,13). The number of hydrogen-bond acceptors (Lipinski definition) is 1. The van der Waals surface area contributed by atoms with Gasteiger partial charge in [-0.25, -0.2) is 9.18 Å². The summed E-state index contributed by atoms with van der Waals surface area (Å²) < 4.78 is 13.1. The van der Waals surface area contributed by atoms with E-state index in [9.17, 15) is 9.18 Å². The Morgan fingerprint density at radius 1 is 1.46 bits per heavy atom. The van der Waals surface area contributed by atoms with Crippen LogP contribution in [0.5, 0.6) is 0 Å². The van der Waals surface area contributed by atoms with Gasteiger partial charge in [0.1, 0.15) is 5.82 Å². The number of allylic oxidation sites excluding steroid dienone is 1. The molecule has 2 nitrogen and oxygen atoms in total. The van der Waals surface area contributed by atoms with Crippen LogP contribution >= 0.6 is 0 Å². The molecular formula is C10H9FO2. The Balaban J connectivity index is 3.08. The van der Waals surface area contributed by atoms with E-state index >= 15 is 0 Å². The van der Waals surface area contributed by atoms with E-state index in [1.54, 1.807) is 25.1 Å². The van der Waals surface area contributed by atoms with Gasteiger partial charge in [0, 0.05) is 11.6 Å². The lowest BCUT2D eigenvalue weighted by molar-refractivity contribution is -0.131. The van der Waals surface area contributed by atoms with Gasteiger partial charge in [-0.05, 0) is 18.6 Å². The molecule has 0 bridgehead atoms. The maximum absolute atomic E-state index is 13.1. The predicted molar refractivity (Wildman–Crippen MR) is 47.7 cm³/mol. The lowest BCUT2D eigenvalue weighted by Gasteiger charge is -2.00. The fourth-order valence-electron chi connectivity index (χ4n) is 1.04. The van der Waals surface area contributed by atoms with Gasteiger partial charge in [-0.3, -0.25) is 0 Å². The smallest absolute Gasteiger partial charge is 0.328 e. The summed E-state index contributed by atoms with van der Waals surface area (Å²) in [5.74, 6) is -1.47. The Kier molecular flexibility index (Phi) is 2.80. The number of carbonyl (C=O) groups is 1. The molecule has 1 aromatic carbocycles. The monoisotopic (exact) mass is 180 g/mol. The van der Waals surface area contributed by atoms with Crippen molar-refractivity contribution in [2.75, 3.05) is 0 Å². The first-order chi connectivity index (χ1) is 6.11. The SMILES string of the molecule is CC(=CC(=O)O)c1ccccc1F. The Morgan fingerprint density at radius 2 is 2.08 bits per heavy atom. The van der Waals surface area contributed by atoms with Crippen LogP contribution in [0, 0.1) is 5.82 Å². The highest BCUT2D eigenvalue weighted by atomic mass is 19.1. The van der Waals surface area contributed by atoms with Crippen molar-refractivity contribution < 1.29 is 14.3 Å². The van der Waals surface area contributed by atoms with E-state index in [4.69, 9.17) is 5.11 Å². The highest BCUT2D eigenvalue weighted by Gasteiger charge is 2.03. The van der Waals surface area contributed by atoms with Gasteiger partial charge in [0.25, 0.3) is 0 Å². The van der Waals surface area contributed by atoms with Crippen LogP contribution in [0.15, 0.2) is 30.3 Å². The predicted octanol–water partition coefficient (Wildman–Crippen LogP) is 2.31. The molecule has 0 aliphatic carbocycles. The van der Waals surface area contributed by atoms with Crippen LogP contribution in [0.1, 0.15) is 12.5 Å². The minimum atomic E-state index is -1.07. The molecule has 0 spiro atoms.